The molecule has 0 radical (unpaired) electrons. The van der Waals surface area contributed by atoms with Gasteiger partial charge in [-0.3, -0.25) is 0 Å². The molecule has 0 bridgehead atoms. The van der Waals surface area contributed by atoms with Gasteiger partial charge in [0.25, 0.3) is 0 Å². The van der Waals surface area contributed by atoms with E-state index in [4.69, 9.17) is 4.74 Å². The quantitative estimate of drug-likeness (QED) is 0.760. The standard InChI is InChI=1S/C19H20N2O/c1-2-9-19-16(6-1)18(8-4-12-22-19)21-13-14-5-3-7-17-15(14)10-11-20-17/h1-3,5-7,9-11,18,20-21H,4,8,12-13H2. The van der Waals surface area contributed by atoms with Crippen LogP contribution in [0, 0.1) is 0 Å². The van der Waals surface area contributed by atoms with Crippen molar-refractivity contribution >= 4 is 10.9 Å². The number of hydrogen-bond donors (Lipinski definition) is 2. The van der Waals surface area contributed by atoms with Crippen LogP contribution >= 0.6 is 0 Å². The number of fused-ring (bicyclic) bond motifs is 2. The molecule has 0 saturated heterocycles. The molecule has 0 aliphatic carbocycles. The molecule has 1 aliphatic heterocycles. The van der Waals surface area contributed by atoms with Gasteiger partial charge in [0.1, 0.15) is 5.75 Å². The lowest BCUT2D eigenvalue weighted by molar-refractivity contribution is 0.315. The first kappa shape index (κ1) is 13.4. The van der Waals surface area contributed by atoms with Crippen molar-refractivity contribution in [3.05, 3.63) is 65.9 Å². The van der Waals surface area contributed by atoms with Crippen LogP contribution in [0.1, 0.15) is 30.0 Å². The molecule has 1 aromatic heterocycles. The molecule has 0 fully saturated rings. The van der Waals surface area contributed by atoms with Crippen molar-refractivity contribution in [2.75, 3.05) is 6.61 Å². The summed E-state index contributed by atoms with van der Waals surface area (Å²) in [5.41, 5.74) is 3.81. The molecule has 0 spiro atoms. The number of rotatable bonds is 3. The highest BCUT2D eigenvalue weighted by Crippen LogP contribution is 2.31. The smallest absolute Gasteiger partial charge is 0.124 e. The molecular weight excluding hydrogens is 272 g/mol. The monoisotopic (exact) mass is 292 g/mol. The number of H-pyrrole nitrogens is 1. The highest BCUT2D eigenvalue weighted by Gasteiger charge is 2.19. The predicted molar refractivity (Wildman–Crippen MR) is 89.1 cm³/mol. The summed E-state index contributed by atoms with van der Waals surface area (Å²) >= 11 is 0. The van der Waals surface area contributed by atoms with Gasteiger partial charge in [0.15, 0.2) is 0 Å². The molecule has 2 N–H and O–H groups in total. The molecule has 112 valence electrons. The average molecular weight is 292 g/mol. The predicted octanol–water partition coefficient (Wildman–Crippen LogP) is 4.17. The van der Waals surface area contributed by atoms with E-state index in [1.54, 1.807) is 0 Å². The Labute approximate surface area is 130 Å². The Morgan fingerprint density at radius 1 is 1.09 bits per heavy atom. The Balaban J connectivity index is 1.57. The lowest BCUT2D eigenvalue weighted by Crippen LogP contribution is -2.20. The Hall–Kier alpha value is -2.26. The Morgan fingerprint density at radius 3 is 3.05 bits per heavy atom. The summed E-state index contributed by atoms with van der Waals surface area (Å²) in [5, 5.41) is 5.02. The van der Waals surface area contributed by atoms with Crippen LogP contribution in [-0.2, 0) is 6.54 Å². The Morgan fingerprint density at radius 2 is 2.05 bits per heavy atom. The maximum atomic E-state index is 5.84. The second-order valence-electron chi connectivity index (χ2n) is 5.82. The number of nitrogens with one attached hydrogen (secondary N) is 2. The highest BCUT2D eigenvalue weighted by molar-refractivity contribution is 5.82. The number of para-hydroxylation sites is 1. The summed E-state index contributed by atoms with van der Waals surface area (Å²) in [4.78, 5) is 3.28. The normalized spacial score (nSPS) is 17.7. The summed E-state index contributed by atoms with van der Waals surface area (Å²) in [7, 11) is 0. The van der Waals surface area contributed by atoms with Crippen molar-refractivity contribution in [1.29, 1.82) is 0 Å². The van der Waals surface area contributed by atoms with E-state index in [1.807, 2.05) is 12.3 Å². The van der Waals surface area contributed by atoms with Gasteiger partial charge in [-0.15, -0.1) is 0 Å². The fourth-order valence-electron chi connectivity index (χ4n) is 3.27. The van der Waals surface area contributed by atoms with Crippen LogP contribution in [0.4, 0.5) is 0 Å². The van der Waals surface area contributed by atoms with Gasteiger partial charge in [0, 0.05) is 35.2 Å². The number of ether oxygens (including phenoxy) is 1. The maximum Gasteiger partial charge on any atom is 0.124 e. The Kier molecular flexibility index (Phi) is 3.57. The van der Waals surface area contributed by atoms with E-state index in [0.29, 0.717) is 6.04 Å². The molecule has 2 aromatic carbocycles. The molecule has 0 saturated carbocycles. The molecule has 22 heavy (non-hydrogen) atoms. The summed E-state index contributed by atoms with van der Waals surface area (Å²) in [6, 6.07) is 17.3. The molecule has 3 aromatic rings. The lowest BCUT2D eigenvalue weighted by Gasteiger charge is -2.18. The first-order valence-electron chi connectivity index (χ1n) is 7.92. The van der Waals surface area contributed by atoms with Crippen LogP contribution < -0.4 is 10.1 Å². The third kappa shape index (κ3) is 2.48. The van der Waals surface area contributed by atoms with Gasteiger partial charge in [-0.1, -0.05) is 30.3 Å². The van der Waals surface area contributed by atoms with Gasteiger partial charge in [0.2, 0.25) is 0 Å². The van der Waals surface area contributed by atoms with E-state index in [9.17, 15) is 0 Å². The summed E-state index contributed by atoms with van der Waals surface area (Å²) < 4.78 is 5.84. The number of hydrogen-bond acceptors (Lipinski definition) is 2. The fourth-order valence-corrected chi connectivity index (χ4v) is 3.27. The molecule has 1 atom stereocenters. The molecular formula is C19H20N2O. The molecule has 2 heterocycles. The zero-order valence-electron chi connectivity index (χ0n) is 12.5. The topological polar surface area (TPSA) is 37.0 Å². The van der Waals surface area contributed by atoms with E-state index < -0.39 is 0 Å². The largest absolute Gasteiger partial charge is 0.493 e. The Bertz CT molecular complexity index is 778. The first-order chi connectivity index (χ1) is 10.9. The van der Waals surface area contributed by atoms with Gasteiger partial charge >= 0.3 is 0 Å². The maximum absolute atomic E-state index is 5.84. The van der Waals surface area contributed by atoms with Gasteiger partial charge in [0.05, 0.1) is 6.61 Å². The van der Waals surface area contributed by atoms with Crippen LogP contribution in [0.25, 0.3) is 10.9 Å². The van der Waals surface area contributed by atoms with Gasteiger partial charge in [-0.05, 0) is 36.6 Å². The van der Waals surface area contributed by atoms with Crippen molar-refractivity contribution in [1.82, 2.24) is 10.3 Å². The molecule has 3 nitrogen and oxygen atoms in total. The molecule has 4 rings (SSSR count). The van der Waals surface area contributed by atoms with Gasteiger partial charge < -0.3 is 15.0 Å². The minimum absolute atomic E-state index is 0.355. The molecule has 1 unspecified atom stereocenters. The average Bonchev–Trinajstić information content (AvgIpc) is 2.95. The zero-order valence-corrected chi connectivity index (χ0v) is 12.5. The van der Waals surface area contributed by atoms with E-state index in [-0.39, 0.29) is 0 Å². The number of aromatic nitrogens is 1. The highest BCUT2D eigenvalue weighted by atomic mass is 16.5. The SMILES string of the molecule is c1ccc2c(c1)OCCCC2NCc1cccc2[nH]ccc12. The lowest BCUT2D eigenvalue weighted by atomic mass is 10.0. The van der Waals surface area contributed by atoms with Crippen LogP contribution in [0.3, 0.4) is 0 Å². The van der Waals surface area contributed by atoms with E-state index in [1.165, 1.54) is 22.0 Å². The zero-order chi connectivity index (χ0) is 14.8. The van der Waals surface area contributed by atoms with Crippen LogP contribution in [0.2, 0.25) is 0 Å². The second-order valence-corrected chi connectivity index (χ2v) is 5.82. The fraction of sp³-hybridized carbons (Fsp3) is 0.263. The third-order valence-corrected chi connectivity index (χ3v) is 4.41. The minimum Gasteiger partial charge on any atom is -0.493 e. The molecule has 3 heteroatoms. The van der Waals surface area contributed by atoms with E-state index in [2.05, 4.69) is 52.8 Å². The summed E-state index contributed by atoms with van der Waals surface area (Å²) in [6.07, 6.45) is 4.20. The van der Waals surface area contributed by atoms with Crippen LogP contribution in [0.15, 0.2) is 54.7 Å². The minimum atomic E-state index is 0.355. The van der Waals surface area contributed by atoms with Crippen LogP contribution in [0.5, 0.6) is 5.75 Å². The second kappa shape index (κ2) is 5.85. The molecule has 0 amide bonds. The molecule has 1 aliphatic rings. The summed E-state index contributed by atoms with van der Waals surface area (Å²) in [6.45, 7) is 1.68. The van der Waals surface area contributed by atoms with E-state index in [0.717, 1.165) is 31.7 Å². The van der Waals surface area contributed by atoms with E-state index >= 15 is 0 Å². The number of aromatic amines is 1. The van der Waals surface area contributed by atoms with Crippen molar-refractivity contribution < 1.29 is 4.74 Å². The van der Waals surface area contributed by atoms with Gasteiger partial charge in [-0.2, -0.15) is 0 Å². The van der Waals surface area contributed by atoms with Crippen molar-refractivity contribution in [2.45, 2.75) is 25.4 Å². The summed E-state index contributed by atoms with van der Waals surface area (Å²) in [5.74, 6) is 1.03. The van der Waals surface area contributed by atoms with Crippen LogP contribution in [-0.4, -0.2) is 11.6 Å². The van der Waals surface area contributed by atoms with Crippen molar-refractivity contribution in [3.8, 4) is 5.75 Å². The number of benzene rings is 2. The third-order valence-electron chi connectivity index (χ3n) is 4.41. The first-order valence-corrected chi connectivity index (χ1v) is 7.92. The van der Waals surface area contributed by atoms with Crippen molar-refractivity contribution in [3.63, 3.8) is 0 Å². The van der Waals surface area contributed by atoms with Crippen molar-refractivity contribution in [2.24, 2.45) is 0 Å². The van der Waals surface area contributed by atoms with Gasteiger partial charge in [-0.25, -0.2) is 0 Å².